The van der Waals surface area contributed by atoms with Gasteiger partial charge in [-0.3, -0.25) is 0 Å². The van der Waals surface area contributed by atoms with Gasteiger partial charge in [0.1, 0.15) is 17.5 Å². The lowest BCUT2D eigenvalue weighted by Gasteiger charge is -2.40. The van der Waals surface area contributed by atoms with Crippen molar-refractivity contribution in [2.24, 2.45) is 5.73 Å². The average molecular weight is 300 g/mol. The highest BCUT2D eigenvalue weighted by Crippen LogP contribution is 2.39. The largest absolute Gasteiger partial charge is 0.485 e. The van der Waals surface area contributed by atoms with E-state index in [1.54, 1.807) is 19.9 Å². The lowest BCUT2D eigenvalue weighted by atomic mass is 9.87. The van der Waals surface area contributed by atoms with Crippen molar-refractivity contribution in [1.29, 1.82) is 0 Å². The molecule has 0 unspecified atom stereocenters. The Labute approximate surface area is 119 Å². The quantitative estimate of drug-likeness (QED) is 0.828. The molecule has 0 saturated carbocycles. The van der Waals surface area contributed by atoms with E-state index < -0.39 is 27.8 Å². The zero-order valence-electron chi connectivity index (χ0n) is 12.0. The minimum Gasteiger partial charge on any atom is -0.485 e. The van der Waals surface area contributed by atoms with Gasteiger partial charge >= 0.3 is 0 Å². The third kappa shape index (κ3) is 2.31. The fraction of sp³-hybridized carbons (Fsp3) is 0.538. The van der Waals surface area contributed by atoms with Crippen LogP contribution in [0.2, 0.25) is 0 Å². The van der Waals surface area contributed by atoms with Crippen LogP contribution >= 0.6 is 0 Å². The Morgan fingerprint density at radius 2 is 1.95 bits per heavy atom. The van der Waals surface area contributed by atoms with Crippen molar-refractivity contribution in [1.82, 2.24) is 4.31 Å². The van der Waals surface area contributed by atoms with Crippen molar-refractivity contribution in [3.05, 3.63) is 23.8 Å². The summed E-state index contributed by atoms with van der Waals surface area (Å²) in [7, 11) is -0.616. The lowest BCUT2D eigenvalue weighted by Crippen LogP contribution is -2.51. The smallest absolute Gasteiger partial charge is 0.242 e. The number of hydrogen-bond donors (Lipinski definition) is 2. The van der Waals surface area contributed by atoms with Gasteiger partial charge in [-0.25, -0.2) is 12.7 Å². The molecule has 0 spiro atoms. The molecule has 0 bridgehead atoms. The minimum absolute atomic E-state index is 0.132. The third-order valence-corrected chi connectivity index (χ3v) is 5.36. The van der Waals surface area contributed by atoms with E-state index in [9.17, 15) is 13.5 Å². The molecule has 1 heterocycles. The Balaban J connectivity index is 2.54. The maximum atomic E-state index is 12.1. The highest BCUT2D eigenvalue weighted by Gasteiger charge is 2.41. The van der Waals surface area contributed by atoms with Gasteiger partial charge in [0, 0.05) is 19.7 Å². The summed E-state index contributed by atoms with van der Waals surface area (Å²) in [4.78, 5) is 0.132. The van der Waals surface area contributed by atoms with E-state index in [1.165, 1.54) is 26.2 Å². The van der Waals surface area contributed by atoms with E-state index in [0.29, 0.717) is 11.3 Å². The van der Waals surface area contributed by atoms with Crippen molar-refractivity contribution in [2.75, 3.05) is 14.1 Å². The summed E-state index contributed by atoms with van der Waals surface area (Å²) in [6.07, 6.45) is -0.910. The zero-order valence-corrected chi connectivity index (χ0v) is 12.8. The Hall–Kier alpha value is -1.15. The number of rotatable bonds is 2. The van der Waals surface area contributed by atoms with Crippen molar-refractivity contribution in [2.45, 2.75) is 36.5 Å². The SMILES string of the molecule is CN(C)S(=O)(=O)c1ccc2c(c1)[C@H](N)[C@@H](O)C(C)(C)O2. The molecule has 7 heteroatoms. The third-order valence-electron chi connectivity index (χ3n) is 3.54. The second-order valence-corrected chi connectivity index (χ2v) is 7.82. The van der Waals surface area contributed by atoms with Gasteiger partial charge in [0.15, 0.2) is 0 Å². The predicted molar refractivity (Wildman–Crippen MR) is 75.0 cm³/mol. The molecule has 0 fully saturated rings. The van der Waals surface area contributed by atoms with Gasteiger partial charge in [-0.1, -0.05) is 0 Å². The first kappa shape index (κ1) is 15.2. The van der Waals surface area contributed by atoms with Crippen LogP contribution in [0, 0.1) is 0 Å². The number of hydrogen-bond acceptors (Lipinski definition) is 5. The number of aliphatic hydroxyl groups is 1. The molecular weight excluding hydrogens is 280 g/mol. The Kier molecular flexibility index (Phi) is 3.58. The summed E-state index contributed by atoms with van der Waals surface area (Å²) in [5.74, 6) is 0.505. The summed E-state index contributed by atoms with van der Waals surface area (Å²) in [6.45, 7) is 3.48. The molecule has 3 N–H and O–H groups in total. The lowest BCUT2D eigenvalue weighted by molar-refractivity contribution is -0.0572. The molecule has 0 saturated heterocycles. The first-order chi connectivity index (χ1) is 9.07. The maximum absolute atomic E-state index is 12.1. The van der Waals surface area contributed by atoms with E-state index in [2.05, 4.69) is 0 Å². The first-order valence-electron chi connectivity index (χ1n) is 6.26. The van der Waals surface area contributed by atoms with Gasteiger partial charge in [-0.2, -0.15) is 0 Å². The monoisotopic (exact) mass is 300 g/mol. The Morgan fingerprint density at radius 3 is 2.50 bits per heavy atom. The van der Waals surface area contributed by atoms with Gasteiger partial charge in [0.05, 0.1) is 10.9 Å². The number of fused-ring (bicyclic) bond motifs is 1. The van der Waals surface area contributed by atoms with Gasteiger partial charge in [-0.15, -0.1) is 0 Å². The molecule has 2 rings (SSSR count). The highest BCUT2D eigenvalue weighted by atomic mass is 32.2. The standard InChI is InChI=1S/C13H20N2O4S/c1-13(2)12(16)11(14)9-7-8(5-6-10(9)19-13)20(17,18)15(3)4/h5-7,11-12,16H,14H2,1-4H3/t11-,12+/m0/s1. The van der Waals surface area contributed by atoms with Crippen molar-refractivity contribution < 1.29 is 18.3 Å². The fourth-order valence-electron chi connectivity index (χ4n) is 2.20. The Morgan fingerprint density at radius 1 is 1.35 bits per heavy atom. The molecule has 0 aliphatic carbocycles. The number of benzene rings is 1. The van der Waals surface area contributed by atoms with Crippen LogP contribution in [-0.4, -0.2) is 43.6 Å². The molecule has 0 amide bonds. The second-order valence-electron chi connectivity index (χ2n) is 5.66. The molecule has 20 heavy (non-hydrogen) atoms. The Bertz CT molecular complexity index is 625. The minimum atomic E-state index is -3.54. The number of aliphatic hydroxyl groups excluding tert-OH is 1. The summed E-state index contributed by atoms with van der Waals surface area (Å²) in [6, 6.07) is 3.84. The van der Waals surface area contributed by atoms with Crippen LogP contribution in [-0.2, 0) is 10.0 Å². The molecular formula is C13H20N2O4S. The highest BCUT2D eigenvalue weighted by molar-refractivity contribution is 7.89. The summed E-state index contributed by atoms with van der Waals surface area (Å²) < 4.78 is 31.1. The van der Waals surface area contributed by atoms with E-state index >= 15 is 0 Å². The van der Waals surface area contributed by atoms with Crippen LogP contribution in [0.4, 0.5) is 0 Å². The molecule has 0 aromatic heterocycles. The molecule has 1 aliphatic heterocycles. The van der Waals surface area contributed by atoms with E-state index in [0.717, 1.165) is 4.31 Å². The summed E-state index contributed by atoms with van der Waals surface area (Å²) in [5.41, 5.74) is 5.70. The topological polar surface area (TPSA) is 92.9 Å². The van der Waals surface area contributed by atoms with Crippen LogP contribution in [0.1, 0.15) is 25.5 Å². The predicted octanol–water partition coefficient (Wildman–Crippen LogP) is 0.469. The normalized spacial score (nSPS) is 25.1. The second kappa shape index (κ2) is 4.70. The molecule has 1 aromatic rings. The van der Waals surface area contributed by atoms with Crippen molar-refractivity contribution >= 4 is 10.0 Å². The van der Waals surface area contributed by atoms with Crippen LogP contribution in [0.5, 0.6) is 5.75 Å². The van der Waals surface area contributed by atoms with Gasteiger partial charge in [0.2, 0.25) is 10.0 Å². The maximum Gasteiger partial charge on any atom is 0.242 e. The van der Waals surface area contributed by atoms with Gasteiger partial charge < -0.3 is 15.6 Å². The van der Waals surface area contributed by atoms with Crippen LogP contribution in [0.15, 0.2) is 23.1 Å². The molecule has 1 aromatic carbocycles. The van der Waals surface area contributed by atoms with E-state index in [-0.39, 0.29) is 4.90 Å². The van der Waals surface area contributed by atoms with Crippen LogP contribution in [0.25, 0.3) is 0 Å². The van der Waals surface area contributed by atoms with Gasteiger partial charge in [-0.05, 0) is 32.0 Å². The summed E-state index contributed by atoms with van der Waals surface area (Å²) >= 11 is 0. The zero-order chi connectivity index (χ0) is 15.3. The van der Waals surface area contributed by atoms with Crippen molar-refractivity contribution in [3.63, 3.8) is 0 Å². The number of ether oxygens (including phenoxy) is 1. The molecule has 0 radical (unpaired) electrons. The molecule has 2 atom stereocenters. The van der Waals surface area contributed by atoms with Crippen LogP contribution in [0.3, 0.4) is 0 Å². The number of nitrogens with two attached hydrogens (primary N) is 1. The number of sulfonamides is 1. The molecule has 112 valence electrons. The average Bonchev–Trinajstić information content (AvgIpc) is 2.35. The first-order valence-corrected chi connectivity index (χ1v) is 7.70. The molecule has 6 nitrogen and oxygen atoms in total. The van der Waals surface area contributed by atoms with E-state index in [4.69, 9.17) is 10.5 Å². The van der Waals surface area contributed by atoms with E-state index in [1.807, 2.05) is 0 Å². The molecule has 1 aliphatic rings. The fourth-order valence-corrected chi connectivity index (χ4v) is 3.14. The van der Waals surface area contributed by atoms with Gasteiger partial charge in [0.25, 0.3) is 0 Å². The number of nitrogens with zero attached hydrogens (tertiary/aromatic N) is 1. The van der Waals surface area contributed by atoms with Crippen molar-refractivity contribution in [3.8, 4) is 5.75 Å². The van der Waals surface area contributed by atoms with Crippen LogP contribution < -0.4 is 10.5 Å². The summed E-state index contributed by atoms with van der Waals surface area (Å²) in [5, 5.41) is 10.1.